The molecule has 4 rings (SSSR count). The topological polar surface area (TPSA) is 137 Å². The van der Waals surface area contributed by atoms with Crippen molar-refractivity contribution in [2.24, 2.45) is 0 Å². The molecule has 0 amide bonds. The average Bonchev–Trinajstić information content (AvgIpc) is 3.43. The van der Waals surface area contributed by atoms with Gasteiger partial charge in [0.1, 0.15) is 11.7 Å². The highest BCUT2D eigenvalue weighted by molar-refractivity contribution is 6.09. The first kappa shape index (κ1) is 22.3. The first-order valence-corrected chi connectivity index (χ1v) is 10.3. The van der Waals surface area contributed by atoms with Gasteiger partial charge in [-0.05, 0) is 43.3 Å². The number of para-hydroxylation sites is 1. The molecule has 0 aliphatic heterocycles. The van der Waals surface area contributed by atoms with E-state index in [1.54, 1.807) is 10.7 Å². The van der Waals surface area contributed by atoms with Crippen molar-refractivity contribution in [2.45, 2.75) is 32.4 Å². The molecule has 11 heteroatoms. The second-order valence-electron chi connectivity index (χ2n) is 8.49. The number of H-pyrrole nitrogens is 1. The van der Waals surface area contributed by atoms with Crippen LogP contribution in [0.25, 0.3) is 21.8 Å². The van der Waals surface area contributed by atoms with E-state index in [2.05, 4.69) is 30.8 Å². The maximum atomic E-state index is 12.5. The zero-order chi connectivity index (χ0) is 23.8. The summed E-state index contributed by atoms with van der Waals surface area (Å²) in [6, 6.07) is 8.67. The van der Waals surface area contributed by atoms with Crippen LogP contribution in [-0.4, -0.2) is 62.9 Å². The van der Waals surface area contributed by atoms with Gasteiger partial charge < -0.3 is 14.5 Å². The van der Waals surface area contributed by atoms with E-state index < -0.39 is 23.5 Å². The van der Waals surface area contributed by atoms with Gasteiger partial charge in [-0.25, -0.2) is 14.5 Å². The molecule has 3 heterocycles. The molecule has 4 aromatic rings. The van der Waals surface area contributed by atoms with Crippen LogP contribution in [0.2, 0.25) is 0 Å². The van der Waals surface area contributed by atoms with Crippen LogP contribution in [0.5, 0.6) is 0 Å². The number of benzene rings is 1. The normalized spacial score (nSPS) is 12.8. The zero-order valence-corrected chi connectivity index (χ0v) is 19.0. The lowest BCUT2D eigenvalue weighted by Crippen LogP contribution is -2.35. The third kappa shape index (κ3) is 4.14. The van der Waals surface area contributed by atoms with E-state index in [4.69, 9.17) is 9.47 Å². The Morgan fingerprint density at radius 2 is 1.91 bits per heavy atom. The number of esters is 2. The van der Waals surface area contributed by atoms with Gasteiger partial charge in [-0.1, -0.05) is 18.2 Å². The molecule has 172 valence electrons. The fourth-order valence-electron chi connectivity index (χ4n) is 3.71. The molecule has 0 bridgehead atoms. The van der Waals surface area contributed by atoms with Crippen LogP contribution in [0.1, 0.15) is 48.8 Å². The highest BCUT2D eigenvalue weighted by Gasteiger charge is 2.31. The minimum absolute atomic E-state index is 0.121. The van der Waals surface area contributed by atoms with Crippen molar-refractivity contribution in [3.05, 3.63) is 47.5 Å². The van der Waals surface area contributed by atoms with Gasteiger partial charge in [0.05, 0.1) is 37.5 Å². The molecule has 1 aromatic carbocycles. The third-order valence-corrected chi connectivity index (χ3v) is 5.26. The summed E-state index contributed by atoms with van der Waals surface area (Å²) in [5.41, 5.74) is 1.69. The van der Waals surface area contributed by atoms with E-state index in [0.717, 1.165) is 16.3 Å². The predicted octanol–water partition coefficient (Wildman–Crippen LogP) is 2.10. The molecule has 11 nitrogen and oxygen atoms in total. The van der Waals surface area contributed by atoms with Crippen molar-refractivity contribution in [2.75, 3.05) is 20.8 Å². The predicted molar refractivity (Wildman–Crippen MR) is 120 cm³/mol. The number of nitrogens with one attached hydrogen (secondary N) is 2. The summed E-state index contributed by atoms with van der Waals surface area (Å²) in [4.78, 5) is 32.5. The Morgan fingerprint density at radius 3 is 2.61 bits per heavy atom. The molecule has 0 saturated carbocycles. The number of ether oxygens (including phenoxy) is 2. The fraction of sp³-hybridized carbons (Fsp3) is 0.364. The maximum Gasteiger partial charge on any atom is 0.356 e. The van der Waals surface area contributed by atoms with Gasteiger partial charge in [0.2, 0.25) is 0 Å². The second kappa shape index (κ2) is 8.58. The molecule has 0 radical (unpaired) electrons. The lowest BCUT2D eigenvalue weighted by molar-refractivity contribution is -0.139. The van der Waals surface area contributed by atoms with Crippen LogP contribution in [0.4, 0.5) is 0 Å². The van der Waals surface area contributed by atoms with Crippen molar-refractivity contribution in [3.8, 4) is 0 Å². The largest absolute Gasteiger partial charge is 0.468 e. The van der Waals surface area contributed by atoms with Crippen LogP contribution < -0.4 is 5.32 Å². The Hall–Kier alpha value is -3.86. The standard InChI is InChI=1S/C22H25N7O4/c1-22(2,3)29-20(26-27-28-29)19(23-11-16(30)32-4)18-17-13(10-15(25-18)21(31)33-5)12-8-6-7-9-14(12)24-17/h6-10,19,23-24H,11H2,1-5H3. The Labute approximate surface area is 189 Å². The van der Waals surface area contributed by atoms with Crippen LogP contribution in [-0.2, 0) is 19.8 Å². The molecule has 0 saturated heterocycles. The minimum Gasteiger partial charge on any atom is -0.468 e. The van der Waals surface area contributed by atoms with Crippen LogP contribution in [0.15, 0.2) is 30.3 Å². The van der Waals surface area contributed by atoms with E-state index in [1.165, 1.54) is 14.2 Å². The number of rotatable bonds is 6. The van der Waals surface area contributed by atoms with Crippen molar-refractivity contribution >= 4 is 33.7 Å². The van der Waals surface area contributed by atoms with Crippen molar-refractivity contribution < 1.29 is 19.1 Å². The quantitative estimate of drug-likeness (QED) is 0.422. The number of aromatic amines is 1. The number of hydrogen-bond acceptors (Lipinski definition) is 9. The smallest absolute Gasteiger partial charge is 0.356 e. The number of hydrogen-bond donors (Lipinski definition) is 2. The van der Waals surface area contributed by atoms with E-state index in [1.807, 2.05) is 45.0 Å². The van der Waals surface area contributed by atoms with Gasteiger partial charge >= 0.3 is 11.9 Å². The van der Waals surface area contributed by atoms with Gasteiger partial charge in [-0.3, -0.25) is 10.1 Å². The highest BCUT2D eigenvalue weighted by Crippen LogP contribution is 2.33. The summed E-state index contributed by atoms with van der Waals surface area (Å²) in [7, 11) is 2.61. The number of fused-ring (bicyclic) bond motifs is 3. The molecular formula is C22H25N7O4. The average molecular weight is 451 g/mol. The molecule has 3 aromatic heterocycles. The van der Waals surface area contributed by atoms with E-state index in [0.29, 0.717) is 17.0 Å². The van der Waals surface area contributed by atoms with Crippen molar-refractivity contribution in [1.82, 2.24) is 35.5 Å². The number of tetrazole rings is 1. The summed E-state index contributed by atoms with van der Waals surface area (Å²) in [5, 5.41) is 17.1. The Morgan fingerprint density at radius 1 is 1.15 bits per heavy atom. The molecule has 0 spiro atoms. The van der Waals surface area contributed by atoms with E-state index in [-0.39, 0.29) is 12.2 Å². The monoisotopic (exact) mass is 451 g/mol. The van der Waals surface area contributed by atoms with E-state index >= 15 is 0 Å². The third-order valence-electron chi connectivity index (χ3n) is 5.26. The Bertz CT molecular complexity index is 1340. The fourth-order valence-corrected chi connectivity index (χ4v) is 3.71. The summed E-state index contributed by atoms with van der Waals surface area (Å²) in [6.07, 6.45) is 0. The molecule has 1 atom stereocenters. The minimum atomic E-state index is -0.738. The molecule has 0 aliphatic carbocycles. The first-order chi connectivity index (χ1) is 15.7. The highest BCUT2D eigenvalue weighted by atomic mass is 16.5. The van der Waals surface area contributed by atoms with Gasteiger partial charge in [0.25, 0.3) is 0 Å². The second-order valence-corrected chi connectivity index (χ2v) is 8.49. The molecule has 1 unspecified atom stereocenters. The van der Waals surface area contributed by atoms with Gasteiger partial charge in [-0.15, -0.1) is 5.10 Å². The summed E-state index contributed by atoms with van der Waals surface area (Å²) < 4.78 is 11.4. The lowest BCUT2D eigenvalue weighted by Gasteiger charge is -2.24. The molecular weight excluding hydrogens is 426 g/mol. The Kier molecular flexibility index (Phi) is 5.81. The number of aromatic nitrogens is 6. The Balaban J connectivity index is 2.00. The van der Waals surface area contributed by atoms with Gasteiger partial charge in [-0.2, -0.15) is 0 Å². The molecule has 33 heavy (non-hydrogen) atoms. The number of methoxy groups -OCH3 is 2. The zero-order valence-electron chi connectivity index (χ0n) is 19.0. The van der Waals surface area contributed by atoms with Gasteiger partial charge in [0.15, 0.2) is 5.82 Å². The van der Waals surface area contributed by atoms with Crippen LogP contribution in [0, 0.1) is 0 Å². The first-order valence-electron chi connectivity index (χ1n) is 10.3. The van der Waals surface area contributed by atoms with Gasteiger partial charge in [0, 0.05) is 16.3 Å². The summed E-state index contributed by atoms with van der Waals surface area (Å²) in [5.74, 6) is -0.613. The SMILES string of the molecule is COC(=O)CNC(c1nc(C(=O)OC)cc2c1[nH]c1ccccc12)c1nnnn1C(C)(C)C. The lowest BCUT2D eigenvalue weighted by atomic mass is 10.0. The molecule has 0 fully saturated rings. The maximum absolute atomic E-state index is 12.5. The number of carbonyl (C=O) groups excluding carboxylic acids is 2. The van der Waals surface area contributed by atoms with Crippen LogP contribution >= 0.6 is 0 Å². The van der Waals surface area contributed by atoms with Crippen LogP contribution in [0.3, 0.4) is 0 Å². The number of nitrogens with zero attached hydrogens (tertiary/aromatic N) is 5. The summed E-state index contributed by atoms with van der Waals surface area (Å²) in [6.45, 7) is 5.76. The van der Waals surface area contributed by atoms with Crippen molar-refractivity contribution in [3.63, 3.8) is 0 Å². The van der Waals surface area contributed by atoms with Crippen molar-refractivity contribution in [1.29, 1.82) is 0 Å². The number of carbonyl (C=O) groups is 2. The molecule has 0 aliphatic rings. The summed E-state index contributed by atoms with van der Waals surface area (Å²) >= 11 is 0. The van der Waals surface area contributed by atoms with E-state index in [9.17, 15) is 9.59 Å². The molecule has 2 N–H and O–H groups in total. The number of pyridine rings is 1.